The topological polar surface area (TPSA) is 71.3 Å². The first-order chi connectivity index (χ1) is 11.6. The minimum absolute atomic E-state index is 0.0128. The quantitative estimate of drug-likeness (QED) is 0.826. The molecule has 1 N–H and O–H groups in total. The van der Waals surface area contributed by atoms with Crippen LogP contribution in [0.15, 0.2) is 48.5 Å². The number of amides is 1. The molecule has 5 nitrogen and oxygen atoms in total. The second-order valence-corrected chi connectivity index (χ2v) is 5.02. The van der Waals surface area contributed by atoms with E-state index in [9.17, 15) is 4.79 Å². The number of carbonyl (C=O) groups is 1. The van der Waals surface area contributed by atoms with Gasteiger partial charge in [-0.3, -0.25) is 4.79 Å². The van der Waals surface area contributed by atoms with Crippen LogP contribution in [0.3, 0.4) is 0 Å². The number of rotatable bonds is 6. The highest BCUT2D eigenvalue weighted by atomic mass is 16.5. The second-order valence-electron chi connectivity index (χ2n) is 5.02. The molecule has 0 bridgehead atoms. The molecule has 2 aromatic rings. The summed E-state index contributed by atoms with van der Waals surface area (Å²) in [7, 11) is 1.61. The van der Waals surface area contributed by atoms with Crippen LogP contribution in [0.1, 0.15) is 11.1 Å². The van der Waals surface area contributed by atoms with Crippen LogP contribution in [0.5, 0.6) is 11.5 Å². The smallest absolute Gasteiger partial charge is 0.248 e. The Hall–Kier alpha value is -3.26. The van der Waals surface area contributed by atoms with E-state index >= 15 is 0 Å². The summed E-state index contributed by atoms with van der Waals surface area (Å²) in [6.45, 7) is 1.93. The molecular weight excluding hydrogens is 304 g/mol. The lowest BCUT2D eigenvalue weighted by atomic mass is 10.2. The molecule has 122 valence electrons. The Morgan fingerprint density at radius 3 is 2.62 bits per heavy atom. The Morgan fingerprint density at radius 1 is 1.25 bits per heavy atom. The van der Waals surface area contributed by atoms with E-state index in [0.29, 0.717) is 11.4 Å². The zero-order chi connectivity index (χ0) is 17.4. The van der Waals surface area contributed by atoms with Crippen molar-refractivity contribution in [3.05, 3.63) is 59.7 Å². The van der Waals surface area contributed by atoms with Gasteiger partial charge in [-0.2, -0.15) is 5.26 Å². The van der Waals surface area contributed by atoms with Gasteiger partial charge in [-0.15, -0.1) is 0 Å². The van der Waals surface area contributed by atoms with Gasteiger partial charge >= 0.3 is 0 Å². The van der Waals surface area contributed by atoms with E-state index in [1.807, 2.05) is 37.3 Å². The molecule has 0 unspecified atom stereocenters. The number of benzene rings is 2. The number of nitriles is 1. The van der Waals surface area contributed by atoms with Crippen LogP contribution in [0.25, 0.3) is 6.08 Å². The van der Waals surface area contributed by atoms with E-state index in [1.165, 1.54) is 6.08 Å². The standard InChI is InChI=1S/C19H18N2O3/c1-14-13-16(6-9-18(14)23-2)21-19(22)10-5-15-3-7-17(8-4-15)24-12-11-20/h3-10,13H,12H2,1-2H3,(H,21,22)/b10-5+. The predicted octanol–water partition coefficient (Wildman–Crippen LogP) is 3.56. The molecule has 0 saturated carbocycles. The van der Waals surface area contributed by atoms with Gasteiger partial charge in [0.25, 0.3) is 0 Å². The first-order valence-corrected chi connectivity index (χ1v) is 7.36. The van der Waals surface area contributed by atoms with Crippen LogP contribution in [0, 0.1) is 18.3 Å². The largest absolute Gasteiger partial charge is 0.496 e. The molecule has 2 aromatic carbocycles. The van der Waals surface area contributed by atoms with Crippen molar-refractivity contribution in [2.24, 2.45) is 0 Å². The fourth-order valence-electron chi connectivity index (χ4n) is 2.10. The molecule has 1 amide bonds. The number of anilines is 1. The van der Waals surface area contributed by atoms with Crippen molar-refractivity contribution >= 4 is 17.7 Å². The summed E-state index contributed by atoms with van der Waals surface area (Å²) in [6, 6.07) is 14.5. The fraction of sp³-hybridized carbons (Fsp3) is 0.158. The third-order valence-electron chi connectivity index (χ3n) is 3.27. The first kappa shape index (κ1) is 17.1. The summed E-state index contributed by atoms with van der Waals surface area (Å²) in [5.74, 6) is 1.18. The van der Waals surface area contributed by atoms with Crippen molar-refractivity contribution in [3.8, 4) is 17.6 Å². The highest BCUT2D eigenvalue weighted by molar-refractivity contribution is 6.02. The summed E-state index contributed by atoms with van der Waals surface area (Å²) in [5, 5.41) is 11.3. The van der Waals surface area contributed by atoms with Crippen LogP contribution < -0.4 is 14.8 Å². The van der Waals surface area contributed by atoms with E-state index in [4.69, 9.17) is 14.7 Å². The van der Waals surface area contributed by atoms with Gasteiger partial charge in [-0.05, 0) is 54.5 Å². The summed E-state index contributed by atoms with van der Waals surface area (Å²) in [4.78, 5) is 12.0. The number of hydrogen-bond acceptors (Lipinski definition) is 4. The van der Waals surface area contributed by atoms with Crippen LogP contribution >= 0.6 is 0 Å². The van der Waals surface area contributed by atoms with Crippen molar-refractivity contribution in [1.29, 1.82) is 5.26 Å². The number of carbonyl (C=O) groups excluding carboxylic acids is 1. The average molecular weight is 322 g/mol. The fourth-order valence-corrected chi connectivity index (χ4v) is 2.10. The Kier molecular flexibility index (Phi) is 5.98. The van der Waals surface area contributed by atoms with Gasteiger partial charge in [0.1, 0.15) is 17.6 Å². The lowest BCUT2D eigenvalue weighted by molar-refractivity contribution is -0.111. The summed E-state index contributed by atoms with van der Waals surface area (Å²) in [6.07, 6.45) is 3.17. The Morgan fingerprint density at radius 2 is 2.00 bits per heavy atom. The summed E-state index contributed by atoms with van der Waals surface area (Å²) < 4.78 is 10.4. The monoisotopic (exact) mass is 322 g/mol. The molecule has 5 heteroatoms. The minimum atomic E-state index is -0.218. The highest BCUT2D eigenvalue weighted by Gasteiger charge is 2.02. The SMILES string of the molecule is COc1ccc(NC(=O)/C=C/c2ccc(OCC#N)cc2)cc1C. The second kappa shape index (κ2) is 8.39. The number of methoxy groups -OCH3 is 1. The molecule has 0 saturated heterocycles. The number of ether oxygens (including phenoxy) is 2. The van der Waals surface area contributed by atoms with E-state index < -0.39 is 0 Å². The predicted molar refractivity (Wildman–Crippen MR) is 92.9 cm³/mol. The molecule has 2 rings (SSSR count). The zero-order valence-corrected chi connectivity index (χ0v) is 13.6. The van der Waals surface area contributed by atoms with Gasteiger partial charge in [0, 0.05) is 11.8 Å². The minimum Gasteiger partial charge on any atom is -0.496 e. The van der Waals surface area contributed by atoms with E-state index in [2.05, 4.69) is 5.32 Å². The van der Waals surface area contributed by atoms with Crippen molar-refractivity contribution < 1.29 is 14.3 Å². The Balaban J connectivity index is 1.95. The molecule has 0 heterocycles. The summed E-state index contributed by atoms with van der Waals surface area (Å²) >= 11 is 0. The molecule has 0 fully saturated rings. The molecule has 24 heavy (non-hydrogen) atoms. The van der Waals surface area contributed by atoms with E-state index in [0.717, 1.165) is 16.9 Å². The lowest BCUT2D eigenvalue weighted by Crippen LogP contribution is -2.07. The molecule has 0 atom stereocenters. The van der Waals surface area contributed by atoms with Gasteiger partial charge in [-0.25, -0.2) is 0 Å². The van der Waals surface area contributed by atoms with Gasteiger partial charge in [0.2, 0.25) is 5.91 Å². The maximum Gasteiger partial charge on any atom is 0.248 e. The maximum absolute atomic E-state index is 12.0. The first-order valence-electron chi connectivity index (χ1n) is 7.36. The van der Waals surface area contributed by atoms with Gasteiger partial charge in [0.05, 0.1) is 7.11 Å². The third-order valence-corrected chi connectivity index (χ3v) is 3.27. The molecule has 0 spiro atoms. The normalized spacial score (nSPS) is 10.2. The molecule has 0 aliphatic carbocycles. The molecule has 0 radical (unpaired) electrons. The van der Waals surface area contributed by atoms with Crippen molar-refractivity contribution in [2.45, 2.75) is 6.92 Å². The van der Waals surface area contributed by atoms with Crippen molar-refractivity contribution in [3.63, 3.8) is 0 Å². The molecular formula is C19H18N2O3. The molecule has 0 aliphatic rings. The maximum atomic E-state index is 12.0. The zero-order valence-electron chi connectivity index (χ0n) is 13.6. The molecule has 0 aromatic heterocycles. The van der Waals surface area contributed by atoms with Crippen molar-refractivity contribution in [2.75, 3.05) is 19.0 Å². The highest BCUT2D eigenvalue weighted by Crippen LogP contribution is 2.21. The van der Waals surface area contributed by atoms with Gasteiger partial charge in [0.15, 0.2) is 6.61 Å². The average Bonchev–Trinajstić information content (AvgIpc) is 2.59. The molecule has 0 aliphatic heterocycles. The van der Waals surface area contributed by atoms with Crippen LogP contribution in [0.2, 0.25) is 0 Å². The number of hydrogen-bond donors (Lipinski definition) is 1. The van der Waals surface area contributed by atoms with Gasteiger partial charge in [-0.1, -0.05) is 12.1 Å². The van der Waals surface area contributed by atoms with Gasteiger partial charge < -0.3 is 14.8 Å². The lowest BCUT2D eigenvalue weighted by Gasteiger charge is -2.07. The van der Waals surface area contributed by atoms with Crippen molar-refractivity contribution in [1.82, 2.24) is 0 Å². The third kappa shape index (κ3) is 4.89. The Labute approximate surface area is 141 Å². The van der Waals surface area contributed by atoms with E-state index in [1.54, 1.807) is 31.4 Å². The number of nitrogens with zero attached hydrogens (tertiary/aromatic N) is 1. The van der Waals surface area contributed by atoms with Crippen LogP contribution in [-0.4, -0.2) is 19.6 Å². The van der Waals surface area contributed by atoms with Crippen LogP contribution in [0.4, 0.5) is 5.69 Å². The van der Waals surface area contributed by atoms with Crippen LogP contribution in [-0.2, 0) is 4.79 Å². The summed E-state index contributed by atoms with van der Waals surface area (Å²) in [5.41, 5.74) is 2.52. The number of nitrogens with one attached hydrogen (secondary N) is 1. The number of aryl methyl sites for hydroxylation is 1. The Bertz CT molecular complexity index is 774. The van der Waals surface area contributed by atoms with E-state index in [-0.39, 0.29) is 12.5 Å².